The standard InChI is InChI=1S/C18H18Cl5F3O3/c1-10(11(2)27-5-3-15(21)18(24,25)26)9-29-17-13(19)7-12(8-14(17)20)28-6-4-16(22)23/h3-4,7-8,10-11H,5-6,9H2,1-2H3. The maximum Gasteiger partial charge on any atom is 0.426 e. The lowest BCUT2D eigenvalue weighted by molar-refractivity contribution is -0.0854. The van der Waals surface area contributed by atoms with Crippen molar-refractivity contribution in [2.75, 3.05) is 19.8 Å². The van der Waals surface area contributed by atoms with Crippen molar-refractivity contribution in [3.8, 4) is 11.5 Å². The van der Waals surface area contributed by atoms with E-state index in [1.165, 1.54) is 18.2 Å². The zero-order chi connectivity index (χ0) is 22.2. The van der Waals surface area contributed by atoms with Gasteiger partial charge in [0.15, 0.2) is 5.75 Å². The first-order valence-electron chi connectivity index (χ1n) is 8.22. The fourth-order valence-electron chi connectivity index (χ4n) is 1.86. The maximum atomic E-state index is 12.3. The molecule has 29 heavy (non-hydrogen) atoms. The molecule has 0 fully saturated rings. The van der Waals surface area contributed by atoms with E-state index in [9.17, 15) is 13.2 Å². The zero-order valence-electron chi connectivity index (χ0n) is 15.3. The SMILES string of the molecule is CC(COc1c(Cl)cc(OCC=C(Cl)Cl)cc1Cl)C(C)OCC=C(Cl)C(F)(F)F. The van der Waals surface area contributed by atoms with Gasteiger partial charge in [-0.05, 0) is 19.1 Å². The number of hydrogen-bond acceptors (Lipinski definition) is 3. The molecule has 0 aliphatic carbocycles. The van der Waals surface area contributed by atoms with E-state index < -0.39 is 17.3 Å². The first-order chi connectivity index (χ1) is 13.4. The van der Waals surface area contributed by atoms with Gasteiger partial charge in [0, 0.05) is 18.1 Å². The van der Waals surface area contributed by atoms with E-state index in [4.69, 9.17) is 72.2 Å². The van der Waals surface area contributed by atoms with E-state index in [0.29, 0.717) is 5.75 Å². The molecule has 0 aromatic heterocycles. The lowest BCUT2D eigenvalue weighted by Gasteiger charge is -2.21. The van der Waals surface area contributed by atoms with Gasteiger partial charge >= 0.3 is 6.18 Å². The first-order valence-corrected chi connectivity index (χ1v) is 10.1. The Morgan fingerprint density at radius 1 is 1.00 bits per heavy atom. The molecule has 0 amide bonds. The quantitative estimate of drug-likeness (QED) is 0.318. The van der Waals surface area contributed by atoms with E-state index in [2.05, 4.69) is 0 Å². The van der Waals surface area contributed by atoms with Gasteiger partial charge in [-0.15, -0.1) is 0 Å². The van der Waals surface area contributed by atoms with Crippen molar-refractivity contribution >= 4 is 58.0 Å². The molecule has 1 aromatic rings. The zero-order valence-corrected chi connectivity index (χ0v) is 19.1. The highest BCUT2D eigenvalue weighted by Gasteiger charge is 2.32. The topological polar surface area (TPSA) is 27.7 Å². The van der Waals surface area contributed by atoms with Gasteiger partial charge < -0.3 is 14.2 Å². The van der Waals surface area contributed by atoms with Crippen molar-refractivity contribution in [3.05, 3.63) is 43.9 Å². The van der Waals surface area contributed by atoms with E-state index in [0.717, 1.165) is 6.08 Å². The minimum absolute atomic E-state index is 0.0728. The minimum Gasteiger partial charge on any atom is -0.490 e. The van der Waals surface area contributed by atoms with Crippen molar-refractivity contribution in [1.82, 2.24) is 0 Å². The van der Waals surface area contributed by atoms with E-state index >= 15 is 0 Å². The van der Waals surface area contributed by atoms with Crippen LogP contribution in [-0.4, -0.2) is 32.1 Å². The van der Waals surface area contributed by atoms with Gasteiger partial charge in [-0.3, -0.25) is 0 Å². The highest BCUT2D eigenvalue weighted by Crippen LogP contribution is 2.37. The van der Waals surface area contributed by atoms with Crippen LogP contribution in [0.4, 0.5) is 13.2 Å². The lowest BCUT2D eigenvalue weighted by atomic mass is 10.1. The van der Waals surface area contributed by atoms with Crippen LogP contribution in [0, 0.1) is 5.92 Å². The van der Waals surface area contributed by atoms with Gasteiger partial charge in [-0.2, -0.15) is 13.2 Å². The summed E-state index contributed by atoms with van der Waals surface area (Å²) in [5.74, 6) is 0.481. The van der Waals surface area contributed by atoms with Crippen LogP contribution in [0.3, 0.4) is 0 Å². The summed E-state index contributed by atoms with van der Waals surface area (Å²) in [6.07, 6.45) is -2.77. The highest BCUT2D eigenvalue weighted by atomic mass is 35.5. The second kappa shape index (κ2) is 12.4. The van der Waals surface area contributed by atoms with Crippen molar-refractivity contribution in [1.29, 1.82) is 0 Å². The molecule has 1 aromatic carbocycles. The summed E-state index contributed by atoms with van der Waals surface area (Å²) in [5.41, 5.74) is 0. The third kappa shape index (κ3) is 9.90. The molecule has 0 saturated heterocycles. The Morgan fingerprint density at radius 2 is 1.59 bits per heavy atom. The monoisotopic (exact) mass is 514 g/mol. The summed E-state index contributed by atoms with van der Waals surface area (Å²) in [7, 11) is 0. The van der Waals surface area contributed by atoms with Crippen molar-refractivity contribution in [2.45, 2.75) is 26.1 Å². The van der Waals surface area contributed by atoms with Crippen LogP contribution in [0.5, 0.6) is 11.5 Å². The van der Waals surface area contributed by atoms with Crippen LogP contribution in [0.25, 0.3) is 0 Å². The first kappa shape index (κ1) is 26.5. The van der Waals surface area contributed by atoms with Crippen LogP contribution in [0.2, 0.25) is 10.0 Å². The lowest BCUT2D eigenvalue weighted by Crippen LogP contribution is -2.24. The largest absolute Gasteiger partial charge is 0.490 e. The molecule has 0 bridgehead atoms. The van der Waals surface area contributed by atoms with Gasteiger partial charge in [-0.25, -0.2) is 0 Å². The van der Waals surface area contributed by atoms with Crippen LogP contribution in [0.1, 0.15) is 13.8 Å². The van der Waals surface area contributed by atoms with Gasteiger partial charge in [0.05, 0.1) is 29.4 Å². The molecule has 0 aliphatic heterocycles. The summed E-state index contributed by atoms with van der Waals surface area (Å²) < 4.78 is 53.4. The summed E-state index contributed by atoms with van der Waals surface area (Å²) in [6, 6.07) is 3.04. The Bertz CT molecular complexity index is 711. The third-order valence-electron chi connectivity index (χ3n) is 3.64. The minimum atomic E-state index is -4.58. The number of ether oxygens (including phenoxy) is 3. The normalized spacial score (nSPS) is 14.3. The van der Waals surface area contributed by atoms with Crippen molar-refractivity contribution in [2.24, 2.45) is 5.92 Å². The second-order valence-corrected chi connectivity index (χ2v) is 8.13. The molecule has 0 aliphatic rings. The molecule has 164 valence electrons. The number of hydrogen-bond donors (Lipinski definition) is 0. The Kier molecular flexibility index (Phi) is 11.3. The Hall–Kier alpha value is -0.500. The Balaban J connectivity index is 2.60. The predicted octanol–water partition coefficient (Wildman–Crippen LogP) is 7.80. The molecule has 2 atom stereocenters. The fourth-order valence-corrected chi connectivity index (χ4v) is 2.63. The molecule has 11 heteroatoms. The van der Waals surface area contributed by atoms with E-state index in [1.54, 1.807) is 13.8 Å². The molecule has 0 spiro atoms. The number of rotatable bonds is 10. The summed E-state index contributed by atoms with van der Waals surface area (Å²) >= 11 is 28.5. The molecule has 1 rings (SSSR count). The average molecular weight is 517 g/mol. The number of allylic oxidation sites excluding steroid dienone is 1. The molecular formula is C18H18Cl5F3O3. The van der Waals surface area contributed by atoms with Gasteiger partial charge in [-0.1, -0.05) is 64.9 Å². The summed E-state index contributed by atoms with van der Waals surface area (Å²) in [6.45, 7) is 3.54. The molecule has 0 N–H and O–H groups in total. The summed E-state index contributed by atoms with van der Waals surface area (Å²) in [4.78, 5) is 0. The maximum absolute atomic E-state index is 12.3. The molecule has 2 unspecified atom stereocenters. The van der Waals surface area contributed by atoms with Crippen LogP contribution in [0.15, 0.2) is 33.8 Å². The predicted molar refractivity (Wildman–Crippen MR) is 112 cm³/mol. The average Bonchev–Trinajstić information content (AvgIpc) is 2.59. The fraction of sp³-hybridized carbons (Fsp3) is 0.444. The Labute approximate surface area is 192 Å². The number of benzene rings is 1. The molecule has 0 heterocycles. The van der Waals surface area contributed by atoms with Crippen LogP contribution >= 0.6 is 58.0 Å². The van der Waals surface area contributed by atoms with E-state index in [-0.39, 0.29) is 46.0 Å². The van der Waals surface area contributed by atoms with E-state index in [1.807, 2.05) is 0 Å². The van der Waals surface area contributed by atoms with Crippen molar-refractivity contribution in [3.63, 3.8) is 0 Å². The van der Waals surface area contributed by atoms with Gasteiger partial charge in [0.1, 0.15) is 21.9 Å². The highest BCUT2D eigenvalue weighted by molar-refractivity contribution is 6.55. The Morgan fingerprint density at radius 3 is 2.10 bits per heavy atom. The van der Waals surface area contributed by atoms with Crippen LogP contribution < -0.4 is 9.47 Å². The third-order valence-corrected chi connectivity index (χ3v) is 4.88. The molecule has 3 nitrogen and oxygen atoms in total. The van der Waals surface area contributed by atoms with Gasteiger partial charge in [0.25, 0.3) is 0 Å². The van der Waals surface area contributed by atoms with Gasteiger partial charge in [0.2, 0.25) is 0 Å². The smallest absolute Gasteiger partial charge is 0.426 e. The molecule has 0 radical (unpaired) electrons. The van der Waals surface area contributed by atoms with Crippen molar-refractivity contribution < 1.29 is 27.4 Å². The second-order valence-electron chi connectivity index (χ2n) is 5.90. The number of alkyl halides is 3. The molecule has 0 saturated carbocycles. The van der Waals surface area contributed by atoms with Crippen LogP contribution in [-0.2, 0) is 4.74 Å². The molecular weight excluding hydrogens is 498 g/mol. The summed E-state index contributed by atoms with van der Waals surface area (Å²) in [5, 5.41) is -0.762. The number of halogens is 8.